The Labute approximate surface area is 180 Å². The van der Waals surface area contributed by atoms with Crippen molar-refractivity contribution in [1.29, 1.82) is 0 Å². The van der Waals surface area contributed by atoms with E-state index in [1.165, 1.54) is 34.5 Å². The monoisotopic (exact) mass is 471 g/mol. The molecule has 0 radical (unpaired) electrons. The summed E-state index contributed by atoms with van der Waals surface area (Å²) in [4.78, 5) is 39.2. The molecule has 0 bridgehead atoms. The lowest BCUT2D eigenvalue weighted by Crippen LogP contribution is -2.33. The molecule has 12 nitrogen and oxygen atoms in total. The van der Waals surface area contributed by atoms with Crippen LogP contribution in [0.4, 0.5) is 10.5 Å². The van der Waals surface area contributed by atoms with E-state index in [1.807, 2.05) is 0 Å². The van der Waals surface area contributed by atoms with Gasteiger partial charge >= 0.3 is 12.1 Å². The maximum absolute atomic E-state index is 12.7. The van der Waals surface area contributed by atoms with Gasteiger partial charge in [-0.05, 0) is 17.7 Å². The van der Waals surface area contributed by atoms with Crippen molar-refractivity contribution in [3.8, 4) is 0 Å². The van der Waals surface area contributed by atoms with Gasteiger partial charge in [0.2, 0.25) is 0 Å². The van der Waals surface area contributed by atoms with Crippen LogP contribution in [0.5, 0.6) is 0 Å². The first kappa shape index (κ1) is 22.6. The Kier molecular flexibility index (Phi) is 6.52. The van der Waals surface area contributed by atoms with Crippen LogP contribution in [0.25, 0.3) is 0 Å². The van der Waals surface area contributed by atoms with Crippen molar-refractivity contribution in [3.05, 3.63) is 56.0 Å². The molecule has 1 aliphatic heterocycles. The van der Waals surface area contributed by atoms with E-state index >= 15 is 0 Å². The number of nitrogens with zero attached hydrogens (tertiary/aromatic N) is 3. The Morgan fingerprint density at radius 1 is 1.35 bits per heavy atom. The highest BCUT2D eigenvalue weighted by Gasteiger charge is 2.41. The summed E-state index contributed by atoms with van der Waals surface area (Å²) < 4.78 is 33.3. The van der Waals surface area contributed by atoms with E-state index in [2.05, 4.69) is 4.98 Å². The molecule has 0 aliphatic carbocycles. The molecule has 0 saturated carbocycles. The molecule has 1 saturated heterocycles. The quantitative estimate of drug-likeness (QED) is 0.359. The lowest BCUT2D eigenvalue weighted by Gasteiger charge is -2.22. The zero-order valence-electron chi connectivity index (χ0n) is 16.0. The topological polar surface area (TPSA) is 166 Å². The van der Waals surface area contributed by atoms with Crippen LogP contribution in [0.15, 0.2) is 29.6 Å². The fourth-order valence-corrected chi connectivity index (χ4v) is 4.58. The van der Waals surface area contributed by atoms with E-state index in [9.17, 15) is 28.1 Å². The molecule has 14 heteroatoms. The number of aromatic carboxylic acids is 1. The first-order chi connectivity index (χ1) is 14.5. The molecule has 1 fully saturated rings. The Morgan fingerprint density at radius 2 is 2.03 bits per heavy atom. The average Bonchev–Trinajstić information content (AvgIpc) is 3.32. The van der Waals surface area contributed by atoms with Gasteiger partial charge in [-0.15, -0.1) is 11.3 Å². The smallest absolute Gasteiger partial charge is 0.410 e. The van der Waals surface area contributed by atoms with Crippen LogP contribution in [-0.2, 0) is 25.6 Å². The molecule has 166 valence electrons. The minimum atomic E-state index is -3.78. The van der Waals surface area contributed by atoms with Crippen LogP contribution < -0.4 is 0 Å². The number of aromatic nitrogens is 1. The van der Waals surface area contributed by atoms with Gasteiger partial charge in [-0.2, -0.15) is 8.42 Å². The number of amides is 1. The second kappa shape index (κ2) is 8.95. The number of benzene rings is 1. The Morgan fingerprint density at radius 3 is 2.58 bits per heavy atom. The largest absolute Gasteiger partial charge is 0.476 e. The zero-order chi connectivity index (χ0) is 22.8. The number of nitro benzene ring substituents is 1. The minimum absolute atomic E-state index is 0.0896. The highest BCUT2D eigenvalue weighted by Crippen LogP contribution is 2.36. The third kappa shape index (κ3) is 5.74. The van der Waals surface area contributed by atoms with E-state index in [-0.39, 0.29) is 31.0 Å². The number of hydrogen-bond acceptors (Lipinski definition) is 10. The number of likely N-dealkylation sites (tertiary alicyclic amines) is 1. The lowest BCUT2D eigenvalue weighted by atomic mass is 10.2. The first-order valence-corrected chi connectivity index (χ1v) is 11.5. The molecule has 1 aromatic carbocycles. The van der Waals surface area contributed by atoms with Crippen LogP contribution in [0, 0.1) is 10.1 Å². The standard InChI is InChI=1S/C17H17N3O9S2/c1-31(26,27)29-12-6-14(15-18-13(9-30-15)16(21)22)19(7-12)17(23)28-8-10-2-4-11(5-3-10)20(24)25/h2-5,9,12,14H,6-8H2,1H3,(H,21,22). The number of nitro groups is 1. The second-order valence-electron chi connectivity index (χ2n) is 6.68. The number of carboxylic acid groups (broad SMARTS) is 1. The predicted molar refractivity (Wildman–Crippen MR) is 106 cm³/mol. The normalized spacial score (nSPS) is 18.7. The summed E-state index contributed by atoms with van der Waals surface area (Å²) in [6, 6.07) is 4.72. The zero-order valence-corrected chi connectivity index (χ0v) is 17.7. The fourth-order valence-electron chi connectivity index (χ4n) is 3.03. The molecule has 2 aromatic rings. The van der Waals surface area contributed by atoms with Crippen molar-refractivity contribution in [2.24, 2.45) is 0 Å². The van der Waals surface area contributed by atoms with Crippen LogP contribution in [0.3, 0.4) is 0 Å². The van der Waals surface area contributed by atoms with Crippen molar-refractivity contribution in [2.75, 3.05) is 12.8 Å². The summed E-state index contributed by atoms with van der Waals surface area (Å²) in [5.41, 5.74) is 0.223. The van der Waals surface area contributed by atoms with E-state index in [4.69, 9.17) is 14.0 Å². The molecule has 1 amide bonds. The number of non-ortho nitro benzene ring substituents is 1. The molecule has 1 aromatic heterocycles. The van der Waals surface area contributed by atoms with Gasteiger partial charge in [-0.1, -0.05) is 0 Å². The predicted octanol–water partition coefficient (Wildman–Crippen LogP) is 2.18. The van der Waals surface area contributed by atoms with Gasteiger partial charge in [0.1, 0.15) is 11.6 Å². The molecule has 1 aliphatic rings. The fraction of sp³-hybridized carbons (Fsp3) is 0.353. The van der Waals surface area contributed by atoms with Gasteiger partial charge in [0, 0.05) is 23.9 Å². The van der Waals surface area contributed by atoms with Crippen LogP contribution >= 0.6 is 11.3 Å². The summed E-state index contributed by atoms with van der Waals surface area (Å²) >= 11 is 1.02. The molecular weight excluding hydrogens is 454 g/mol. The van der Waals surface area contributed by atoms with E-state index in [0.717, 1.165) is 17.6 Å². The van der Waals surface area contributed by atoms with E-state index < -0.39 is 39.2 Å². The van der Waals surface area contributed by atoms with Gasteiger partial charge in [0.05, 0.1) is 29.9 Å². The molecule has 2 heterocycles. The number of rotatable bonds is 7. The van der Waals surface area contributed by atoms with Gasteiger partial charge in [0.25, 0.3) is 15.8 Å². The van der Waals surface area contributed by atoms with Gasteiger partial charge in [-0.3, -0.25) is 19.2 Å². The van der Waals surface area contributed by atoms with Crippen molar-refractivity contribution in [2.45, 2.75) is 25.2 Å². The molecule has 1 N–H and O–H groups in total. The highest BCUT2D eigenvalue weighted by molar-refractivity contribution is 7.86. The number of ether oxygens (including phenoxy) is 1. The number of carbonyl (C=O) groups is 2. The van der Waals surface area contributed by atoms with Gasteiger partial charge in [0.15, 0.2) is 5.69 Å². The van der Waals surface area contributed by atoms with Crippen LogP contribution in [-0.4, -0.2) is 59.3 Å². The molecule has 0 spiro atoms. The van der Waals surface area contributed by atoms with Gasteiger partial charge < -0.3 is 9.84 Å². The third-order valence-electron chi connectivity index (χ3n) is 4.34. The SMILES string of the molecule is CS(=O)(=O)OC1CC(c2nc(C(=O)O)cs2)N(C(=O)OCc2ccc([N+](=O)[O-])cc2)C1. The highest BCUT2D eigenvalue weighted by atomic mass is 32.2. The van der Waals surface area contributed by atoms with Crippen LogP contribution in [0.1, 0.15) is 33.5 Å². The number of hydrogen-bond donors (Lipinski definition) is 1. The van der Waals surface area contributed by atoms with Gasteiger partial charge in [-0.25, -0.2) is 14.6 Å². The van der Waals surface area contributed by atoms with Crippen molar-refractivity contribution >= 4 is 39.2 Å². The molecule has 31 heavy (non-hydrogen) atoms. The lowest BCUT2D eigenvalue weighted by molar-refractivity contribution is -0.384. The number of carboxylic acids is 1. The minimum Gasteiger partial charge on any atom is -0.476 e. The average molecular weight is 471 g/mol. The van der Waals surface area contributed by atoms with Crippen molar-refractivity contribution < 1.29 is 37.0 Å². The number of carbonyl (C=O) groups excluding carboxylic acids is 1. The Bertz CT molecular complexity index is 1100. The molecule has 2 atom stereocenters. The Hall–Kier alpha value is -3.10. The van der Waals surface area contributed by atoms with Crippen molar-refractivity contribution in [3.63, 3.8) is 0 Å². The summed E-state index contributed by atoms with van der Waals surface area (Å²) in [5.74, 6) is -1.23. The summed E-state index contributed by atoms with van der Waals surface area (Å²) in [7, 11) is -3.78. The van der Waals surface area contributed by atoms with Crippen molar-refractivity contribution in [1.82, 2.24) is 9.88 Å². The summed E-state index contributed by atoms with van der Waals surface area (Å²) in [6.07, 6.45) is -0.644. The maximum atomic E-state index is 12.7. The first-order valence-electron chi connectivity index (χ1n) is 8.77. The Balaban J connectivity index is 1.74. The van der Waals surface area contributed by atoms with E-state index in [0.29, 0.717) is 10.6 Å². The molecule has 2 unspecified atom stereocenters. The number of thiazole rings is 1. The maximum Gasteiger partial charge on any atom is 0.410 e. The molecule has 3 rings (SSSR count). The molecular formula is C17H17N3O9S2. The summed E-state index contributed by atoms with van der Waals surface area (Å²) in [5, 5.41) is 21.4. The third-order valence-corrected chi connectivity index (χ3v) is 5.91. The van der Waals surface area contributed by atoms with E-state index in [1.54, 1.807) is 0 Å². The van der Waals surface area contributed by atoms with Crippen LogP contribution in [0.2, 0.25) is 0 Å². The second-order valence-corrected chi connectivity index (χ2v) is 9.17. The summed E-state index contributed by atoms with van der Waals surface area (Å²) in [6.45, 7) is -0.269.